The first-order valence-electron chi connectivity index (χ1n) is 10.1. The number of benzene rings is 1. The summed E-state index contributed by atoms with van der Waals surface area (Å²) in [6.07, 6.45) is 1.74. The summed E-state index contributed by atoms with van der Waals surface area (Å²) in [6.45, 7) is 2.21. The van der Waals surface area contributed by atoms with Gasteiger partial charge in [-0.1, -0.05) is 57.6 Å². The van der Waals surface area contributed by atoms with E-state index in [1.54, 1.807) is 12.1 Å². The molecule has 1 unspecified atom stereocenters. The monoisotopic (exact) mass is 396 g/mol. The Morgan fingerprint density at radius 2 is 1.54 bits per heavy atom. The highest BCUT2D eigenvalue weighted by Gasteiger charge is 2.48. The summed E-state index contributed by atoms with van der Waals surface area (Å²) in [5.74, 6) is -1.04. The molecule has 7 heteroatoms. The number of unbranched alkanes of at least 4 members (excludes halogenated alkanes) is 6. The van der Waals surface area contributed by atoms with Crippen LogP contribution in [0.2, 0.25) is 0 Å². The van der Waals surface area contributed by atoms with Gasteiger partial charge in [0.25, 0.3) is 0 Å². The van der Waals surface area contributed by atoms with Gasteiger partial charge in [0.05, 0.1) is 0 Å². The van der Waals surface area contributed by atoms with E-state index in [9.17, 15) is 20.1 Å². The van der Waals surface area contributed by atoms with E-state index in [2.05, 4.69) is 6.92 Å². The highest BCUT2D eigenvalue weighted by molar-refractivity contribution is 5.73. The third-order valence-corrected chi connectivity index (χ3v) is 5.06. The minimum absolute atomic E-state index is 0.389. The highest BCUT2D eigenvalue weighted by atomic mass is 16.7. The molecule has 28 heavy (non-hydrogen) atoms. The van der Waals surface area contributed by atoms with E-state index in [-0.39, 0.29) is 0 Å². The van der Waals surface area contributed by atoms with Crippen molar-refractivity contribution in [3.63, 3.8) is 0 Å². The summed E-state index contributed by atoms with van der Waals surface area (Å²) in [6, 6.07) is 7.28. The van der Waals surface area contributed by atoms with Crippen LogP contribution in [0.25, 0.3) is 0 Å². The molecule has 7 nitrogen and oxygen atoms in total. The maximum absolute atomic E-state index is 11.1. The summed E-state index contributed by atoms with van der Waals surface area (Å²) < 4.78 is 10.6. The van der Waals surface area contributed by atoms with Gasteiger partial charge in [-0.2, -0.15) is 0 Å². The zero-order valence-corrected chi connectivity index (χ0v) is 16.4. The van der Waals surface area contributed by atoms with Crippen LogP contribution in [-0.2, 0) is 16.0 Å². The molecule has 1 aromatic carbocycles. The molecule has 1 heterocycles. The van der Waals surface area contributed by atoms with Crippen molar-refractivity contribution in [2.75, 3.05) is 0 Å². The molecule has 158 valence electrons. The lowest BCUT2D eigenvalue weighted by atomic mass is 9.99. The number of rotatable bonds is 11. The largest absolute Gasteiger partial charge is 0.479 e. The Morgan fingerprint density at radius 3 is 2.14 bits per heavy atom. The molecule has 0 aliphatic carbocycles. The normalized spacial score (nSPS) is 27.5. The Balaban J connectivity index is 1.80. The van der Waals surface area contributed by atoms with E-state index in [4.69, 9.17) is 14.6 Å². The molecule has 1 fully saturated rings. The number of aryl methyl sites for hydroxylation is 1. The third kappa shape index (κ3) is 6.44. The van der Waals surface area contributed by atoms with Crippen molar-refractivity contribution >= 4 is 5.97 Å². The number of ether oxygens (including phenoxy) is 2. The minimum atomic E-state index is -1.73. The summed E-state index contributed by atoms with van der Waals surface area (Å²) in [4.78, 5) is 11.1. The predicted molar refractivity (Wildman–Crippen MR) is 103 cm³/mol. The smallest absolute Gasteiger partial charge is 0.335 e. The van der Waals surface area contributed by atoms with Crippen LogP contribution >= 0.6 is 0 Å². The molecule has 2 rings (SSSR count). The number of carbonyl (C=O) groups is 1. The standard InChI is InChI=1S/C21H32O7/c1-2-3-4-5-6-7-8-9-14-10-12-15(13-11-14)27-21-18(24)16(22)17(23)19(28-21)20(25)26/h10-13,16-19,21-24H,2-9H2,1H3,(H,25,26)/t16-,17-,18+,19-,21?/m0/s1. The molecule has 0 radical (unpaired) electrons. The van der Waals surface area contributed by atoms with Crippen molar-refractivity contribution in [2.45, 2.75) is 89.0 Å². The lowest BCUT2D eigenvalue weighted by molar-refractivity contribution is -0.271. The summed E-state index contributed by atoms with van der Waals surface area (Å²) in [7, 11) is 0. The van der Waals surface area contributed by atoms with Crippen LogP contribution in [0, 0.1) is 0 Å². The second-order valence-electron chi connectivity index (χ2n) is 7.37. The quantitative estimate of drug-likeness (QED) is 0.424. The number of aliphatic hydroxyl groups is 3. The van der Waals surface area contributed by atoms with Crippen LogP contribution in [-0.4, -0.2) is 57.1 Å². The number of hydrogen-bond donors (Lipinski definition) is 4. The van der Waals surface area contributed by atoms with Gasteiger partial charge in [-0.05, 0) is 30.5 Å². The maximum atomic E-state index is 11.1. The van der Waals surface area contributed by atoms with Crippen LogP contribution in [0.5, 0.6) is 5.75 Å². The fourth-order valence-electron chi connectivity index (χ4n) is 3.30. The van der Waals surface area contributed by atoms with Crippen LogP contribution in [0.1, 0.15) is 57.4 Å². The van der Waals surface area contributed by atoms with Gasteiger partial charge in [0, 0.05) is 0 Å². The molecule has 0 spiro atoms. The maximum Gasteiger partial charge on any atom is 0.335 e. The van der Waals surface area contributed by atoms with Crippen LogP contribution in [0.3, 0.4) is 0 Å². The van der Waals surface area contributed by atoms with E-state index >= 15 is 0 Å². The highest BCUT2D eigenvalue weighted by Crippen LogP contribution is 2.25. The van der Waals surface area contributed by atoms with Crippen LogP contribution in [0.15, 0.2) is 24.3 Å². The minimum Gasteiger partial charge on any atom is -0.479 e. The Kier molecular flexibility index (Phi) is 9.18. The molecule has 4 N–H and O–H groups in total. The van der Waals surface area contributed by atoms with Crippen LogP contribution in [0.4, 0.5) is 0 Å². The number of aliphatic carboxylic acids is 1. The van der Waals surface area contributed by atoms with Gasteiger partial charge in [-0.25, -0.2) is 4.79 Å². The Morgan fingerprint density at radius 1 is 0.929 bits per heavy atom. The molecule has 5 atom stereocenters. The number of aliphatic hydroxyl groups excluding tert-OH is 3. The van der Waals surface area contributed by atoms with Crippen molar-refractivity contribution in [1.29, 1.82) is 0 Å². The molecule has 1 aromatic rings. The molecule has 0 aromatic heterocycles. The van der Waals surface area contributed by atoms with Crippen molar-refractivity contribution < 1.29 is 34.7 Å². The molecule has 0 amide bonds. The lowest BCUT2D eigenvalue weighted by Crippen LogP contribution is -2.61. The number of hydrogen-bond acceptors (Lipinski definition) is 6. The van der Waals surface area contributed by atoms with Gasteiger partial charge in [0.1, 0.15) is 24.1 Å². The van der Waals surface area contributed by atoms with Gasteiger partial charge < -0.3 is 29.9 Å². The fraction of sp³-hybridized carbons (Fsp3) is 0.667. The molecule has 1 aliphatic heterocycles. The Bertz CT molecular complexity index is 589. The first kappa shape index (κ1) is 22.6. The lowest BCUT2D eigenvalue weighted by Gasteiger charge is -2.38. The van der Waals surface area contributed by atoms with E-state index in [1.165, 1.54) is 44.1 Å². The zero-order valence-electron chi connectivity index (χ0n) is 16.4. The molecule has 0 bridgehead atoms. The van der Waals surface area contributed by atoms with Gasteiger partial charge in [-0.15, -0.1) is 0 Å². The van der Waals surface area contributed by atoms with Gasteiger partial charge >= 0.3 is 5.97 Å². The zero-order chi connectivity index (χ0) is 20.5. The van der Waals surface area contributed by atoms with Gasteiger partial charge in [0.15, 0.2) is 6.10 Å². The van der Waals surface area contributed by atoms with Gasteiger partial charge in [0.2, 0.25) is 6.29 Å². The summed E-state index contributed by atoms with van der Waals surface area (Å²) in [5.41, 5.74) is 1.17. The molecule has 1 saturated heterocycles. The predicted octanol–water partition coefficient (Wildman–Crippen LogP) is 2.25. The molecular weight excluding hydrogens is 364 g/mol. The van der Waals surface area contributed by atoms with Crippen LogP contribution < -0.4 is 4.74 Å². The molecule has 1 aliphatic rings. The first-order valence-corrected chi connectivity index (χ1v) is 10.1. The van der Waals surface area contributed by atoms with E-state index in [1.807, 2.05) is 12.1 Å². The second kappa shape index (κ2) is 11.4. The average Bonchev–Trinajstić information content (AvgIpc) is 2.68. The Hall–Kier alpha value is -1.67. The Labute approximate surface area is 165 Å². The SMILES string of the molecule is CCCCCCCCCc1ccc(OC2O[C@H](C(=O)O)[C@@H](O)[C@H](O)[C@H]2O)cc1. The first-order chi connectivity index (χ1) is 13.4. The number of carboxylic acid groups (broad SMARTS) is 1. The fourth-order valence-corrected chi connectivity index (χ4v) is 3.30. The van der Waals surface area contributed by atoms with E-state index in [0.29, 0.717) is 5.75 Å². The summed E-state index contributed by atoms with van der Waals surface area (Å²) in [5, 5.41) is 38.6. The average molecular weight is 396 g/mol. The van der Waals surface area contributed by atoms with Crippen molar-refractivity contribution in [2.24, 2.45) is 0 Å². The van der Waals surface area contributed by atoms with Crippen molar-refractivity contribution in [3.05, 3.63) is 29.8 Å². The number of carboxylic acids is 1. The molecular formula is C21H32O7. The van der Waals surface area contributed by atoms with Crippen molar-refractivity contribution in [3.8, 4) is 5.75 Å². The van der Waals surface area contributed by atoms with Gasteiger partial charge in [-0.3, -0.25) is 0 Å². The van der Waals surface area contributed by atoms with E-state index < -0.39 is 36.7 Å². The summed E-state index contributed by atoms with van der Waals surface area (Å²) >= 11 is 0. The topological polar surface area (TPSA) is 116 Å². The molecule has 0 saturated carbocycles. The third-order valence-electron chi connectivity index (χ3n) is 5.06. The second-order valence-corrected chi connectivity index (χ2v) is 7.37. The van der Waals surface area contributed by atoms with Crippen molar-refractivity contribution in [1.82, 2.24) is 0 Å². The van der Waals surface area contributed by atoms with E-state index in [0.717, 1.165) is 12.8 Å².